The molecule has 67 heavy (non-hydrogen) atoms. The molecule has 348 valence electrons. The average molecular weight is 1080 g/mol. The molecule has 0 amide bonds. The van der Waals surface area contributed by atoms with Crippen LogP contribution < -0.4 is 0 Å². The van der Waals surface area contributed by atoms with Gasteiger partial charge in [-0.25, -0.2) is 4.98 Å². The number of hydrogen-bond acceptors (Lipinski definition) is 3. The maximum absolute atomic E-state index is 12.4. The number of imidazole rings is 1. The van der Waals surface area contributed by atoms with E-state index in [0.717, 1.165) is 22.3 Å². The van der Waals surface area contributed by atoms with Crippen molar-refractivity contribution in [3.8, 4) is 67.5 Å². The Bertz CT molecular complexity index is 3890. The van der Waals surface area contributed by atoms with Crippen LogP contribution in [0.2, 0.25) is 0 Å². The molecule has 0 saturated heterocycles. The molecule has 2 aromatic heterocycles. The molecule has 0 unspecified atom stereocenters. The molecule has 8 rings (SSSR count). The molecule has 0 bridgehead atoms. The molecule has 0 radical (unpaired) electrons. The zero-order chi connectivity index (χ0) is 62.8. The number of phenolic OH excluding ortho intramolecular Hbond substituents is 1. The topological polar surface area (TPSA) is 50.9 Å². The predicted molar refractivity (Wildman–Crippen MR) is 280 cm³/mol. The minimum atomic E-state index is -3.67. The number of benzene rings is 6. The van der Waals surface area contributed by atoms with Crippen molar-refractivity contribution in [1.29, 1.82) is 0 Å². The second-order valence-corrected chi connectivity index (χ2v) is 19.2. The summed E-state index contributed by atoms with van der Waals surface area (Å²) in [6.07, 6.45) is -0.744. The number of phenols is 1. The summed E-state index contributed by atoms with van der Waals surface area (Å²) < 4.78 is 159. The van der Waals surface area contributed by atoms with Crippen LogP contribution in [0.5, 0.6) is 5.75 Å². The number of aromatic nitrogens is 3. The van der Waals surface area contributed by atoms with Crippen LogP contribution in [-0.2, 0) is 26.5 Å². The van der Waals surface area contributed by atoms with Gasteiger partial charge in [0.05, 0.1) is 31.9 Å². The van der Waals surface area contributed by atoms with E-state index in [1.54, 1.807) is 54.8 Å². The molecule has 5 heteroatoms. The number of aryl methyl sites for hydroxylation is 1. The van der Waals surface area contributed by atoms with E-state index in [9.17, 15) is 12.0 Å². The first-order valence-corrected chi connectivity index (χ1v) is 22.4. The fourth-order valence-corrected chi connectivity index (χ4v) is 8.45. The van der Waals surface area contributed by atoms with Crippen LogP contribution in [0.3, 0.4) is 0 Å². The Labute approximate surface area is 440 Å². The Balaban J connectivity index is 0.0000104. The molecule has 0 saturated carbocycles. The second kappa shape index (κ2) is 19.6. The Kier molecular flexibility index (Phi) is 8.98. The number of para-hydroxylation sites is 1. The van der Waals surface area contributed by atoms with Crippen molar-refractivity contribution in [2.24, 2.45) is 0 Å². The quantitative estimate of drug-likeness (QED) is 0.131. The van der Waals surface area contributed by atoms with E-state index in [4.69, 9.17) is 22.8 Å². The van der Waals surface area contributed by atoms with E-state index < -0.39 is 96.9 Å². The van der Waals surface area contributed by atoms with Crippen molar-refractivity contribution in [1.82, 2.24) is 14.5 Å². The van der Waals surface area contributed by atoms with Crippen molar-refractivity contribution in [3.63, 3.8) is 0 Å². The SMILES string of the molecule is [2H]c1nc(-c2[c-]c(-c3cccc4c3nc(-c3cc(C(C)C)cc(C(C)C)c3O)n4-c3ccc(-c4c(C(C)C)cccc4C([2H])(C)C)cc3C([2H])([2H])[2H])cc(C(C)(C)C)c2)c([2H])c(-c2c([2H])c([2H])c(C([2H])(C([2H])([2H])[2H])C([2H])([2H])[2H])c([2H])c2[2H])c1[2H].[Pt]. The van der Waals surface area contributed by atoms with Gasteiger partial charge in [-0.1, -0.05) is 174 Å². The first-order valence-electron chi connectivity index (χ1n) is 31.4. The van der Waals surface area contributed by atoms with Gasteiger partial charge in [0.15, 0.2) is 0 Å². The third-order valence-electron chi connectivity index (χ3n) is 12.2. The summed E-state index contributed by atoms with van der Waals surface area (Å²) in [6.45, 7) is 11.4. The van der Waals surface area contributed by atoms with Gasteiger partial charge in [0.1, 0.15) is 11.6 Å². The standard InChI is InChI=1S/C62H68N3O.Pt/c1-36(2)42-21-23-43(24-22-42)44-27-28-63-55(35-44)48-30-47(31-49(32-48)62(12,13)14)52-19-16-20-57-59(52)64-61(54-34-46(37(3)4)33-53(40(9)10)60(54)66)65(57)56-26-25-45(29-41(56)11)58-50(38(5)6)17-15-18-51(58)39(7)8;/h15-29,31-40,66H,1-14H3;/q-1;/i1D3,2D3,11D3,21D,22D,23D,24D,27D,28D,35D,36D,38D;. The van der Waals surface area contributed by atoms with Gasteiger partial charge >= 0.3 is 0 Å². The maximum Gasteiger partial charge on any atom is 0.148 e. The normalized spacial score (nSPS) is 16.8. The van der Waals surface area contributed by atoms with Crippen molar-refractivity contribution in [2.75, 3.05) is 0 Å². The van der Waals surface area contributed by atoms with E-state index in [0.29, 0.717) is 44.4 Å². The Morgan fingerprint density at radius 1 is 0.687 bits per heavy atom. The van der Waals surface area contributed by atoms with Crippen LogP contribution in [0, 0.1) is 12.9 Å². The van der Waals surface area contributed by atoms with Gasteiger partial charge in [-0.3, -0.25) is 9.55 Å². The molecule has 1 N–H and O–H groups in total. The van der Waals surface area contributed by atoms with Crippen LogP contribution in [0.15, 0.2) is 121 Å². The van der Waals surface area contributed by atoms with E-state index in [2.05, 4.69) is 24.9 Å². The first-order chi connectivity index (χ1) is 38.6. The summed E-state index contributed by atoms with van der Waals surface area (Å²) in [5.74, 6) is -4.64. The molecule has 6 aromatic carbocycles. The molecule has 2 heterocycles. The Hall–Kier alpha value is -5.57. The van der Waals surface area contributed by atoms with Crippen LogP contribution in [0.25, 0.3) is 72.7 Å². The molecule has 0 aliphatic carbocycles. The molecule has 0 fully saturated rings. The van der Waals surface area contributed by atoms with Crippen LogP contribution in [0.1, 0.15) is 183 Å². The van der Waals surface area contributed by atoms with Gasteiger partial charge in [-0.2, -0.15) is 0 Å². The van der Waals surface area contributed by atoms with Gasteiger partial charge in [-0.15, -0.1) is 29.3 Å². The minimum absolute atomic E-state index is 0. The molecule has 0 atom stereocenters. The average Bonchev–Trinajstić information content (AvgIpc) is 1.68. The number of pyridine rings is 1. The largest absolute Gasteiger partial charge is 0.507 e. The number of nitrogens with zero attached hydrogens (tertiary/aromatic N) is 3. The third-order valence-corrected chi connectivity index (χ3v) is 12.2. The van der Waals surface area contributed by atoms with Gasteiger partial charge < -0.3 is 5.11 Å². The van der Waals surface area contributed by atoms with Crippen molar-refractivity contribution in [2.45, 2.75) is 132 Å². The predicted octanol–water partition coefficient (Wildman–Crippen LogP) is 17.5. The van der Waals surface area contributed by atoms with E-state index in [1.165, 1.54) is 0 Å². The molecule has 0 aliphatic heterocycles. The molecular formula is C62H68N3OPt-. The molecule has 8 aromatic rings. The first kappa shape index (κ1) is 30.7. The fourth-order valence-electron chi connectivity index (χ4n) is 8.45. The monoisotopic (exact) mass is 1080 g/mol. The summed E-state index contributed by atoms with van der Waals surface area (Å²) in [5.41, 5.74) is 4.06. The van der Waals surface area contributed by atoms with Gasteiger partial charge in [0.25, 0.3) is 0 Å². The smallest absolute Gasteiger partial charge is 0.148 e. The van der Waals surface area contributed by atoms with Gasteiger partial charge in [0, 0.05) is 48.0 Å². The fraction of sp³-hybridized carbons (Fsp3) is 0.323. The van der Waals surface area contributed by atoms with Crippen LogP contribution in [0.4, 0.5) is 0 Å². The van der Waals surface area contributed by atoms with Crippen LogP contribution >= 0.6 is 0 Å². The summed E-state index contributed by atoms with van der Waals surface area (Å²) in [6, 6.07) is 21.3. The molecule has 0 aliphatic rings. The number of hydrogen-bond donors (Lipinski definition) is 1. The zero-order valence-electron chi connectivity index (χ0n) is 57.8. The third kappa shape index (κ3) is 9.75. The maximum atomic E-state index is 12.4. The Morgan fingerprint density at radius 2 is 1.39 bits per heavy atom. The van der Waals surface area contributed by atoms with E-state index in [-0.39, 0.29) is 72.9 Å². The summed E-state index contributed by atoms with van der Waals surface area (Å²) >= 11 is 0. The van der Waals surface area contributed by atoms with E-state index >= 15 is 0 Å². The van der Waals surface area contributed by atoms with Gasteiger partial charge in [0.2, 0.25) is 0 Å². The number of rotatable bonds is 11. The number of fused-ring (bicyclic) bond motifs is 1. The minimum Gasteiger partial charge on any atom is -0.507 e. The van der Waals surface area contributed by atoms with E-state index in [1.807, 2.05) is 90.9 Å². The number of aromatic hydroxyl groups is 1. The second-order valence-electron chi connectivity index (χ2n) is 19.2. The summed E-state index contributed by atoms with van der Waals surface area (Å²) in [4.78, 5) is 9.75. The van der Waals surface area contributed by atoms with Crippen LogP contribution in [-0.4, -0.2) is 19.6 Å². The molecule has 0 spiro atoms. The molecular weight excluding hydrogens is 998 g/mol. The van der Waals surface area contributed by atoms with Crippen molar-refractivity contribution >= 4 is 11.0 Å². The summed E-state index contributed by atoms with van der Waals surface area (Å²) in [5, 5.41) is 12.4. The molecule has 4 nitrogen and oxygen atoms in total. The van der Waals surface area contributed by atoms with Gasteiger partial charge in [-0.05, 0) is 128 Å². The zero-order valence-corrected chi connectivity index (χ0v) is 42.1. The van der Waals surface area contributed by atoms with Crippen molar-refractivity contribution in [3.05, 3.63) is 166 Å². The summed E-state index contributed by atoms with van der Waals surface area (Å²) in [7, 11) is 0. The Morgan fingerprint density at radius 3 is 2.04 bits per heavy atom. The van der Waals surface area contributed by atoms with Crippen molar-refractivity contribution < 1.29 is 50.8 Å².